The number of fused-ring (bicyclic) bond motifs is 1. The molecule has 2 aromatic rings. The van der Waals surface area contributed by atoms with Gasteiger partial charge in [0.05, 0.1) is 5.56 Å². The Hall–Kier alpha value is -2.01. The van der Waals surface area contributed by atoms with Crippen molar-refractivity contribution in [3.8, 4) is 17.1 Å². The number of benzene rings is 1. The highest BCUT2D eigenvalue weighted by molar-refractivity contribution is 5.68. The van der Waals surface area contributed by atoms with Gasteiger partial charge < -0.3 is 10.5 Å². The van der Waals surface area contributed by atoms with E-state index in [1.54, 1.807) is 18.5 Å². The first-order valence-electron chi connectivity index (χ1n) is 6.72. The Morgan fingerprint density at radius 2 is 2.10 bits per heavy atom. The molecule has 1 atom stereocenters. The Morgan fingerprint density at radius 3 is 2.75 bits per heavy atom. The molecular weight excluding hydrogens is 257 g/mol. The fourth-order valence-corrected chi connectivity index (χ4v) is 2.35. The van der Waals surface area contributed by atoms with Crippen LogP contribution in [0.1, 0.15) is 18.1 Å². The molecule has 0 fully saturated rings. The molecule has 0 radical (unpaired) electrons. The molecule has 0 aliphatic carbocycles. The molecule has 0 saturated carbocycles. The van der Waals surface area contributed by atoms with E-state index in [9.17, 15) is 4.39 Å². The van der Waals surface area contributed by atoms with Crippen LogP contribution >= 0.6 is 0 Å². The summed E-state index contributed by atoms with van der Waals surface area (Å²) in [5.41, 5.74) is 7.97. The number of nitrogens with two attached hydrogens (primary N) is 1. The van der Waals surface area contributed by atoms with Gasteiger partial charge in [-0.3, -0.25) is 0 Å². The maximum Gasteiger partial charge on any atom is 0.162 e. The Morgan fingerprint density at radius 1 is 1.35 bits per heavy atom. The van der Waals surface area contributed by atoms with E-state index in [0.717, 1.165) is 17.5 Å². The summed E-state index contributed by atoms with van der Waals surface area (Å²) in [4.78, 5) is 8.67. The molecular formula is C15H16FN3O. The third-order valence-electron chi connectivity index (χ3n) is 3.54. The van der Waals surface area contributed by atoms with Gasteiger partial charge in [0, 0.05) is 30.9 Å². The van der Waals surface area contributed by atoms with Crippen molar-refractivity contribution >= 4 is 0 Å². The molecule has 4 nitrogen and oxygen atoms in total. The minimum atomic E-state index is -0.259. The topological polar surface area (TPSA) is 61.0 Å². The summed E-state index contributed by atoms with van der Waals surface area (Å²) in [5.74, 6) is 0.825. The van der Waals surface area contributed by atoms with E-state index in [-0.39, 0.29) is 11.9 Å². The van der Waals surface area contributed by atoms with Crippen molar-refractivity contribution in [1.82, 2.24) is 9.97 Å². The fourth-order valence-electron chi connectivity index (χ4n) is 2.35. The minimum absolute atomic E-state index is 0.171. The predicted octanol–water partition coefficient (Wildman–Crippen LogP) is 2.11. The smallest absolute Gasteiger partial charge is 0.162 e. The number of ether oxygens (including phenoxy) is 1. The number of aromatic nitrogens is 2. The molecule has 2 N–H and O–H groups in total. The lowest BCUT2D eigenvalue weighted by atomic mass is 10.0. The second-order valence-corrected chi connectivity index (χ2v) is 4.85. The number of halogens is 1. The molecule has 5 heteroatoms. The van der Waals surface area contributed by atoms with Crippen molar-refractivity contribution < 1.29 is 9.13 Å². The Balaban J connectivity index is 2.05. The molecule has 20 heavy (non-hydrogen) atoms. The standard InChI is InChI=1S/C15H16FN3O/c1-2-9-7-18-15(19-8-9)11-3-4-13(16)12-5-10(6-17)20-14(11)12/h3-4,7-8,10H,2,5-6,17H2,1H3. The maximum atomic E-state index is 13.9. The highest BCUT2D eigenvalue weighted by Gasteiger charge is 2.28. The van der Waals surface area contributed by atoms with E-state index in [1.807, 2.05) is 6.92 Å². The van der Waals surface area contributed by atoms with E-state index in [1.165, 1.54) is 6.07 Å². The van der Waals surface area contributed by atoms with Gasteiger partial charge in [-0.1, -0.05) is 6.92 Å². The molecule has 1 aliphatic rings. The van der Waals surface area contributed by atoms with Crippen molar-refractivity contribution in [2.24, 2.45) is 5.73 Å². The van der Waals surface area contributed by atoms with Gasteiger partial charge in [0.1, 0.15) is 17.7 Å². The molecule has 0 spiro atoms. The lowest BCUT2D eigenvalue weighted by Gasteiger charge is -2.10. The number of hydrogen-bond donors (Lipinski definition) is 1. The van der Waals surface area contributed by atoms with Crippen LogP contribution in [0.5, 0.6) is 5.75 Å². The normalized spacial score (nSPS) is 16.9. The van der Waals surface area contributed by atoms with Gasteiger partial charge in [0.15, 0.2) is 5.82 Å². The van der Waals surface area contributed by atoms with Gasteiger partial charge in [-0.05, 0) is 24.1 Å². The zero-order valence-corrected chi connectivity index (χ0v) is 11.3. The van der Waals surface area contributed by atoms with E-state index in [0.29, 0.717) is 30.1 Å². The zero-order chi connectivity index (χ0) is 14.1. The monoisotopic (exact) mass is 273 g/mol. The van der Waals surface area contributed by atoms with Gasteiger partial charge in [0.2, 0.25) is 0 Å². The van der Waals surface area contributed by atoms with Gasteiger partial charge in [-0.2, -0.15) is 0 Å². The molecule has 0 amide bonds. The van der Waals surface area contributed by atoms with Crippen LogP contribution in [0.2, 0.25) is 0 Å². The second-order valence-electron chi connectivity index (χ2n) is 4.85. The van der Waals surface area contributed by atoms with Crippen LogP contribution in [0.3, 0.4) is 0 Å². The Labute approximate surface area is 116 Å². The first-order chi connectivity index (χ1) is 9.72. The van der Waals surface area contributed by atoms with Crippen molar-refractivity contribution in [3.63, 3.8) is 0 Å². The van der Waals surface area contributed by atoms with Crippen molar-refractivity contribution in [3.05, 3.63) is 41.5 Å². The molecule has 1 aromatic heterocycles. The van der Waals surface area contributed by atoms with Crippen LogP contribution in [-0.2, 0) is 12.8 Å². The van der Waals surface area contributed by atoms with Crippen molar-refractivity contribution in [2.45, 2.75) is 25.9 Å². The van der Waals surface area contributed by atoms with Crippen LogP contribution in [0.15, 0.2) is 24.5 Å². The number of nitrogens with zero attached hydrogens (tertiary/aromatic N) is 2. The second kappa shape index (κ2) is 5.17. The quantitative estimate of drug-likeness (QED) is 0.930. The van der Waals surface area contributed by atoms with Gasteiger partial charge >= 0.3 is 0 Å². The molecule has 1 aliphatic heterocycles. The van der Waals surface area contributed by atoms with E-state index in [4.69, 9.17) is 10.5 Å². The molecule has 104 valence electrons. The Kier molecular flexibility index (Phi) is 3.36. The third-order valence-corrected chi connectivity index (χ3v) is 3.54. The van der Waals surface area contributed by atoms with Crippen molar-refractivity contribution in [1.29, 1.82) is 0 Å². The highest BCUT2D eigenvalue weighted by Crippen LogP contribution is 2.38. The fraction of sp³-hybridized carbons (Fsp3) is 0.333. The number of hydrogen-bond acceptors (Lipinski definition) is 4. The van der Waals surface area contributed by atoms with E-state index < -0.39 is 0 Å². The van der Waals surface area contributed by atoms with Gasteiger partial charge in [0.25, 0.3) is 0 Å². The molecule has 1 aromatic carbocycles. The molecule has 0 bridgehead atoms. The minimum Gasteiger partial charge on any atom is -0.488 e. The summed E-state index contributed by atoms with van der Waals surface area (Å²) in [6.45, 7) is 2.41. The summed E-state index contributed by atoms with van der Waals surface area (Å²) in [7, 11) is 0. The average Bonchev–Trinajstić information content (AvgIpc) is 2.93. The number of rotatable bonds is 3. The first kappa shape index (κ1) is 13.0. The van der Waals surface area contributed by atoms with Crippen LogP contribution < -0.4 is 10.5 Å². The molecule has 3 rings (SSSR count). The van der Waals surface area contributed by atoms with Gasteiger partial charge in [-0.15, -0.1) is 0 Å². The van der Waals surface area contributed by atoms with Crippen LogP contribution in [0, 0.1) is 5.82 Å². The summed E-state index contributed by atoms with van der Waals surface area (Å²) in [6, 6.07) is 3.10. The summed E-state index contributed by atoms with van der Waals surface area (Å²) >= 11 is 0. The summed E-state index contributed by atoms with van der Waals surface area (Å²) in [6.07, 6.45) is 4.78. The largest absolute Gasteiger partial charge is 0.488 e. The Bertz CT molecular complexity index is 628. The average molecular weight is 273 g/mol. The van der Waals surface area contributed by atoms with Crippen LogP contribution in [0.4, 0.5) is 4.39 Å². The molecule has 2 heterocycles. The van der Waals surface area contributed by atoms with E-state index in [2.05, 4.69) is 9.97 Å². The summed E-state index contributed by atoms with van der Waals surface area (Å²) < 4.78 is 19.6. The lowest BCUT2D eigenvalue weighted by molar-refractivity contribution is 0.242. The highest BCUT2D eigenvalue weighted by atomic mass is 19.1. The summed E-state index contributed by atoms with van der Waals surface area (Å²) in [5, 5.41) is 0. The maximum absolute atomic E-state index is 13.9. The van der Waals surface area contributed by atoms with E-state index >= 15 is 0 Å². The van der Waals surface area contributed by atoms with Crippen molar-refractivity contribution in [2.75, 3.05) is 6.54 Å². The van der Waals surface area contributed by atoms with Crippen LogP contribution in [-0.4, -0.2) is 22.6 Å². The van der Waals surface area contributed by atoms with Crippen LogP contribution in [0.25, 0.3) is 11.4 Å². The zero-order valence-electron chi connectivity index (χ0n) is 11.3. The molecule has 0 saturated heterocycles. The molecule has 1 unspecified atom stereocenters. The lowest BCUT2D eigenvalue weighted by Crippen LogP contribution is -2.24. The SMILES string of the molecule is CCc1cnc(-c2ccc(F)c3c2OC(CN)C3)nc1. The number of aryl methyl sites for hydroxylation is 1. The third kappa shape index (κ3) is 2.14. The first-order valence-corrected chi connectivity index (χ1v) is 6.72. The predicted molar refractivity (Wildman–Crippen MR) is 74.0 cm³/mol. The van der Waals surface area contributed by atoms with Gasteiger partial charge in [-0.25, -0.2) is 14.4 Å².